The van der Waals surface area contributed by atoms with Gasteiger partial charge in [-0.05, 0) is 120 Å². The second-order valence-corrected chi connectivity index (χ2v) is 16.5. The topological polar surface area (TPSA) is 23.4 Å². The SMILES string of the molecule is CC1=CC=CCC1c1ccc2c(c1)OC1=CC(c3ccc(-n4c5ccccc5c5ccccc54)cc3)=CC3C4Oc5cc(-c6c(C)cccc6C)ccc5B2C134. The van der Waals surface area contributed by atoms with E-state index in [4.69, 9.17) is 9.47 Å². The largest absolute Gasteiger partial charge is 0.490 e. The van der Waals surface area contributed by atoms with E-state index in [1.165, 1.54) is 77.3 Å². The molecule has 0 N–H and O–H groups in total. The molecule has 1 saturated carbocycles. The standard InChI is InChI=1S/C52H40BNO2/c1-31-11-4-5-14-39(31)35-21-25-43-47(28-35)55-49-30-37(34-19-23-38(24-20-34)54-45-17-8-6-15-40(45)41-16-7-9-18-46(41)54)27-42-51-52(42,49)53(43)44-26-22-36(29-48(44)56-51)50-32(2)12-10-13-33(50)3/h4-13,15-30,39,42,51H,14H2,1-3H3. The Hall–Kier alpha value is -6.26. The number of aryl methyl sites for hydroxylation is 2. The summed E-state index contributed by atoms with van der Waals surface area (Å²) in [4.78, 5) is 0. The molecule has 4 atom stereocenters. The fourth-order valence-corrected chi connectivity index (χ4v) is 10.9. The lowest BCUT2D eigenvalue weighted by Crippen LogP contribution is -2.56. The van der Waals surface area contributed by atoms with Crippen molar-refractivity contribution in [3.05, 3.63) is 191 Å². The van der Waals surface area contributed by atoms with Crippen molar-refractivity contribution in [3.63, 3.8) is 0 Å². The van der Waals surface area contributed by atoms with Crippen molar-refractivity contribution in [1.29, 1.82) is 0 Å². The van der Waals surface area contributed by atoms with Gasteiger partial charge in [-0.3, -0.25) is 0 Å². The Morgan fingerprint density at radius 1 is 0.696 bits per heavy atom. The summed E-state index contributed by atoms with van der Waals surface area (Å²) in [5.74, 6) is 3.56. The molecule has 4 unspecified atom stereocenters. The van der Waals surface area contributed by atoms with Crippen molar-refractivity contribution in [2.75, 3.05) is 0 Å². The number of ether oxygens (including phenoxy) is 2. The third-order valence-electron chi connectivity index (χ3n) is 13.6. The summed E-state index contributed by atoms with van der Waals surface area (Å²) in [6.45, 7) is 6.79. The Balaban J connectivity index is 0.979. The first kappa shape index (κ1) is 32.0. The molecule has 268 valence electrons. The van der Waals surface area contributed by atoms with Crippen LogP contribution in [0.3, 0.4) is 0 Å². The molecule has 2 aliphatic heterocycles. The van der Waals surface area contributed by atoms with E-state index in [0.29, 0.717) is 5.92 Å². The van der Waals surface area contributed by atoms with Crippen LogP contribution in [-0.2, 0) is 0 Å². The molecule has 7 aromatic rings. The highest BCUT2D eigenvalue weighted by atomic mass is 16.5. The van der Waals surface area contributed by atoms with E-state index in [-0.39, 0.29) is 24.0 Å². The van der Waals surface area contributed by atoms with Gasteiger partial charge in [-0.2, -0.15) is 0 Å². The van der Waals surface area contributed by atoms with Crippen LogP contribution in [0.5, 0.6) is 11.5 Å². The Bertz CT molecular complexity index is 2890. The first-order chi connectivity index (χ1) is 27.5. The Morgan fingerprint density at radius 2 is 1.39 bits per heavy atom. The zero-order valence-corrected chi connectivity index (χ0v) is 31.8. The lowest BCUT2D eigenvalue weighted by molar-refractivity contribution is 0.268. The Labute approximate surface area is 328 Å². The van der Waals surface area contributed by atoms with E-state index in [1.54, 1.807) is 0 Å². The molecule has 12 rings (SSSR count). The normalized spacial score (nSPS) is 22.5. The van der Waals surface area contributed by atoms with E-state index in [9.17, 15) is 0 Å². The average molecular weight is 722 g/mol. The van der Waals surface area contributed by atoms with Crippen molar-refractivity contribution in [2.24, 2.45) is 5.92 Å². The number of benzene rings is 6. The summed E-state index contributed by atoms with van der Waals surface area (Å²) in [6, 6.07) is 47.0. The minimum atomic E-state index is -0.266. The Kier molecular flexibility index (Phi) is 6.65. The molecule has 0 amide bonds. The lowest BCUT2D eigenvalue weighted by atomic mass is 9.28. The van der Waals surface area contributed by atoms with Crippen LogP contribution in [0.25, 0.3) is 44.2 Å². The van der Waals surface area contributed by atoms with Crippen LogP contribution in [0.4, 0.5) is 0 Å². The van der Waals surface area contributed by atoms with Gasteiger partial charge in [0, 0.05) is 28.3 Å². The van der Waals surface area contributed by atoms with Gasteiger partial charge in [-0.15, -0.1) is 0 Å². The zero-order valence-electron chi connectivity index (χ0n) is 31.8. The van der Waals surface area contributed by atoms with Gasteiger partial charge in [0.15, 0.2) is 0 Å². The predicted molar refractivity (Wildman–Crippen MR) is 231 cm³/mol. The molecule has 5 aliphatic rings. The minimum absolute atomic E-state index is 0.00432. The maximum atomic E-state index is 7.15. The maximum absolute atomic E-state index is 7.15. The van der Waals surface area contributed by atoms with Gasteiger partial charge in [0.2, 0.25) is 6.71 Å². The molecule has 6 aromatic carbocycles. The van der Waals surface area contributed by atoms with Gasteiger partial charge in [0.25, 0.3) is 0 Å². The highest BCUT2D eigenvalue weighted by Gasteiger charge is 2.78. The number of fused-ring (bicyclic) bond motifs is 8. The highest BCUT2D eigenvalue weighted by molar-refractivity contribution is 6.91. The molecular formula is C52H40BNO2. The van der Waals surface area contributed by atoms with Crippen LogP contribution in [0.2, 0.25) is 5.31 Å². The summed E-state index contributed by atoms with van der Waals surface area (Å²) >= 11 is 0. The van der Waals surface area contributed by atoms with Crippen LogP contribution >= 0.6 is 0 Å². The summed E-state index contributed by atoms with van der Waals surface area (Å²) in [7, 11) is 0. The van der Waals surface area contributed by atoms with Crippen LogP contribution in [0, 0.1) is 19.8 Å². The van der Waals surface area contributed by atoms with Gasteiger partial charge in [-0.25, -0.2) is 0 Å². The number of hydrogen-bond donors (Lipinski definition) is 0. The molecule has 4 heteroatoms. The number of rotatable bonds is 4. The maximum Gasteiger partial charge on any atom is 0.238 e. The van der Waals surface area contributed by atoms with Crippen LogP contribution < -0.4 is 20.4 Å². The molecule has 1 fully saturated rings. The van der Waals surface area contributed by atoms with E-state index in [0.717, 1.165) is 29.4 Å². The van der Waals surface area contributed by atoms with Crippen molar-refractivity contribution < 1.29 is 9.47 Å². The van der Waals surface area contributed by atoms with Crippen LogP contribution in [0.1, 0.15) is 41.5 Å². The predicted octanol–water partition coefficient (Wildman–Crippen LogP) is 11.2. The van der Waals surface area contributed by atoms with Crippen molar-refractivity contribution in [1.82, 2.24) is 4.57 Å². The minimum Gasteiger partial charge on any atom is -0.490 e. The van der Waals surface area contributed by atoms with Gasteiger partial charge in [0.05, 0.1) is 16.3 Å². The molecule has 0 radical (unpaired) electrons. The summed E-state index contributed by atoms with van der Waals surface area (Å²) < 4.78 is 16.7. The molecule has 0 bridgehead atoms. The van der Waals surface area contributed by atoms with E-state index >= 15 is 0 Å². The third kappa shape index (κ3) is 4.36. The van der Waals surface area contributed by atoms with Crippen molar-refractivity contribution in [3.8, 4) is 28.3 Å². The number of aromatic nitrogens is 1. The number of para-hydroxylation sites is 2. The van der Waals surface area contributed by atoms with Crippen molar-refractivity contribution >= 4 is 45.0 Å². The fourth-order valence-electron chi connectivity index (χ4n) is 10.9. The summed E-state index contributed by atoms with van der Waals surface area (Å²) in [6.07, 6.45) is 12.5. The fraction of sp³-hybridized carbons (Fsp3) is 0.154. The quantitative estimate of drug-likeness (QED) is 0.169. The molecule has 3 nitrogen and oxygen atoms in total. The van der Waals surface area contributed by atoms with Crippen molar-refractivity contribution in [2.45, 2.75) is 44.5 Å². The third-order valence-corrected chi connectivity index (χ3v) is 13.6. The molecule has 1 spiro atoms. The number of allylic oxidation sites excluding steroid dienone is 6. The van der Waals surface area contributed by atoms with E-state index in [1.807, 2.05) is 0 Å². The first-order valence-electron chi connectivity index (χ1n) is 20.0. The van der Waals surface area contributed by atoms with Crippen LogP contribution in [-0.4, -0.2) is 17.4 Å². The lowest BCUT2D eigenvalue weighted by Gasteiger charge is -2.39. The zero-order chi connectivity index (χ0) is 37.3. The van der Waals surface area contributed by atoms with Gasteiger partial charge < -0.3 is 14.0 Å². The smallest absolute Gasteiger partial charge is 0.238 e. The van der Waals surface area contributed by atoms with E-state index in [2.05, 4.69) is 183 Å². The molecule has 3 aliphatic carbocycles. The highest BCUT2D eigenvalue weighted by Crippen LogP contribution is 2.73. The van der Waals surface area contributed by atoms with Gasteiger partial charge >= 0.3 is 0 Å². The average Bonchev–Trinajstić information content (AvgIpc) is 3.75. The molecule has 0 saturated heterocycles. The summed E-state index contributed by atoms with van der Waals surface area (Å²) in [5.41, 5.74) is 16.3. The van der Waals surface area contributed by atoms with Gasteiger partial charge in [0.1, 0.15) is 23.4 Å². The molecule has 3 heterocycles. The first-order valence-corrected chi connectivity index (χ1v) is 20.0. The van der Waals surface area contributed by atoms with E-state index < -0.39 is 0 Å². The molecular weight excluding hydrogens is 681 g/mol. The summed E-state index contributed by atoms with van der Waals surface area (Å²) in [5, 5.41) is 2.28. The second kappa shape index (κ2) is 11.6. The number of nitrogens with zero attached hydrogens (tertiary/aromatic N) is 1. The molecule has 56 heavy (non-hydrogen) atoms. The number of hydrogen-bond acceptors (Lipinski definition) is 2. The second-order valence-electron chi connectivity index (χ2n) is 16.5. The monoisotopic (exact) mass is 721 g/mol. The van der Waals surface area contributed by atoms with Crippen LogP contribution in [0.15, 0.2) is 169 Å². The molecule has 1 aromatic heterocycles. The Morgan fingerprint density at radius 3 is 2.14 bits per heavy atom. The van der Waals surface area contributed by atoms with Gasteiger partial charge in [-0.1, -0.05) is 121 Å².